The summed E-state index contributed by atoms with van der Waals surface area (Å²) in [5, 5.41) is 3.20. The maximum absolute atomic E-state index is 12.2. The summed E-state index contributed by atoms with van der Waals surface area (Å²) in [6.45, 7) is 5.37. The number of nitrogens with zero attached hydrogens (tertiary/aromatic N) is 1. The molecule has 5 nitrogen and oxygen atoms in total. The number of aromatic nitrogens is 1. The molecular weight excluding hydrogens is 308 g/mol. The largest absolute Gasteiger partial charge is 0.298 e. The average molecular weight is 324 g/mol. The van der Waals surface area contributed by atoms with Gasteiger partial charge in [-0.15, -0.1) is 11.3 Å². The minimum Gasteiger partial charge on any atom is -0.298 e. The molecule has 1 amide bonds. The molecule has 0 saturated carbocycles. The van der Waals surface area contributed by atoms with Crippen LogP contribution in [0, 0.1) is 13.8 Å². The number of carbonyl (C=O) groups excluding carboxylic acids is 1. The fourth-order valence-corrected chi connectivity index (χ4v) is 3.43. The zero-order chi connectivity index (χ0) is 15.6. The molecule has 0 bridgehead atoms. The van der Waals surface area contributed by atoms with E-state index in [1.807, 2.05) is 13.8 Å². The van der Waals surface area contributed by atoms with Crippen molar-refractivity contribution in [2.75, 3.05) is 11.1 Å². The highest BCUT2D eigenvalue weighted by Crippen LogP contribution is 2.22. The summed E-state index contributed by atoms with van der Waals surface area (Å²) in [5.41, 5.74) is 1.17. The van der Waals surface area contributed by atoms with Crippen molar-refractivity contribution in [3.05, 3.63) is 40.4 Å². The van der Waals surface area contributed by atoms with Gasteiger partial charge >= 0.3 is 0 Å². The van der Waals surface area contributed by atoms with Crippen LogP contribution in [0.2, 0.25) is 0 Å². The zero-order valence-electron chi connectivity index (χ0n) is 12.0. The van der Waals surface area contributed by atoms with E-state index in [1.165, 1.54) is 23.5 Å². The number of rotatable bonds is 4. The third-order valence-corrected chi connectivity index (χ3v) is 5.80. The predicted octanol–water partition coefficient (Wildman–Crippen LogP) is 2.81. The number of nitrogens with one attached hydrogen (secondary N) is 1. The summed E-state index contributed by atoms with van der Waals surface area (Å²) in [4.78, 5) is 17.6. The van der Waals surface area contributed by atoms with Gasteiger partial charge in [0.25, 0.3) is 5.91 Å². The van der Waals surface area contributed by atoms with Crippen LogP contribution >= 0.6 is 11.3 Å². The second-order valence-corrected chi connectivity index (χ2v) is 8.03. The Kier molecular flexibility index (Phi) is 4.43. The average Bonchev–Trinajstić information content (AvgIpc) is 2.77. The van der Waals surface area contributed by atoms with E-state index in [1.54, 1.807) is 19.1 Å². The van der Waals surface area contributed by atoms with E-state index >= 15 is 0 Å². The van der Waals surface area contributed by atoms with Gasteiger partial charge in [-0.25, -0.2) is 13.4 Å². The number of aryl methyl sites for hydroxylation is 2. The number of sulfone groups is 1. The monoisotopic (exact) mass is 324 g/mol. The molecular formula is C14H16N2O3S2. The SMILES string of the molecule is CCS(=O)(=O)c1cccc(C(=O)Nc2nc(C)c(C)s2)c1. The molecule has 1 heterocycles. The fraction of sp³-hybridized carbons (Fsp3) is 0.286. The van der Waals surface area contributed by atoms with E-state index in [-0.39, 0.29) is 16.6 Å². The third kappa shape index (κ3) is 3.48. The molecule has 0 radical (unpaired) electrons. The molecule has 0 unspecified atom stereocenters. The van der Waals surface area contributed by atoms with E-state index in [9.17, 15) is 13.2 Å². The molecule has 1 aromatic carbocycles. The third-order valence-electron chi connectivity index (χ3n) is 3.08. The molecule has 0 atom stereocenters. The molecule has 0 spiro atoms. The lowest BCUT2D eigenvalue weighted by Crippen LogP contribution is -2.13. The molecule has 1 N–H and O–H groups in total. The first-order valence-electron chi connectivity index (χ1n) is 6.41. The number of anilines is 1. The van der Waals surface area contributed by atoms with Gasteiger partial charge in [0.2, 0.25) is 0 Å². The molecule has 0 fully saturated rings. The molecule has 7 heteroatoms. The first-order chi connectivity index (χ1) is 9.83. The lowest BCUT2D eigenvalue weighted by molar-refractivity contribution is 0.102. The van der Waals surface area contributed by atoms with Crippen LogP contribution in [-0.4, -0.2) is 25.1 Å². The standard InChI is InChI=1S/C14H16N2O3S2/c1-4-21(18,19)12-7-5-6-11(8-12)13(17)16-14-15-9(2)10(3)20-14/h5-8H,4H2,1-3H3,(H,15,16,17). The van der Waals surface area contributed by atoms with Crippen molar-refractivity contribution in [1.82, 2.24) is 4.98 Å². The second-order valence-electron chi connectivity index (χ2n) is 4.55. The maximum atomic E-state index is 12.2. The molecule has 2 rings (SSSR count). The fourth-order valence-electron chi connectivity index (χ4n) is 1.69. The lowest BCUT2D eigenvalue weighted by atomic mass is 10.2. The Balaban J connectivity index is 2.26. The first kappa shape index (κ1) is 15.7. The Morgan fingerprint density at radius 2 is 2.05 bits per heavy atom. The van der Waals surface area contributed by atoms with E-state index < -0.39 is 9.84 Å². The van der Waals surface area contributed by atoms with Crippen LogP contribution in [0.25, 0.3) is 0 Å². The van der Waals surface area contributed by atoms with Crippen LogP contribution in [0.4, 0.5) is 5.13 Å². The number of hydrogen-bond donors (Lipinski definition) is 1. The topological polar surface area (TPSA) is 76.1 Å². The quantitative estimate of drug-likeness (QED) is 0.938. The Bertz CT molecular complexity index is 760. The van der Waals surface area contributed by atoms with Gasteiger partial charge in [-0.1, -0.05) is 13.0 Å². The van der Waals surface area contributed by atoms with Crippen LogP contribution in [0.1, 0.15) is 27.9 Å². The summed E-state index contributed by atoms with van der Waals surface area (Å²) >= 11 is 1.39. The Hall–Kier alpha value is -1.73. The van der Waals surface area contributed by atoms with Crippen molar-refractivity contribution in [3.63, 3.8) is 0 Å². The van der Waals surface area contributed by atoms with Crippen LogP contribution in [-0.2, 0) is 9.84 Å². The summed E-state index contributed by atoms with van der Waals surface area (Å²) in [6.07, 6.45) is 0. The predicted molar refractivity (Wildman–Crippen MR) is 83.7 cm³/mol. The number of amides is 1. The van der Waals surface area contributed by atoms with Gasteiger partial charge < -0.3 is 0 Å². The first-order valence-corrected chi connectivity index (χ1v) is 8.88. The van der Waals surface area contributed by atoms with Crippen molar-refractivity contribution < 1.29 is 13.2 Å². The second kappa shape index (κ2) is 5.95. The van der Waals surface area contributed by atoms with Crippen LogP contribution in [0.5, 0.6) is 0 Å². The number of carbonyl (C=O) groups is 1. The minimum absolute atomic E-state index is 0.00292. The molecule has 112 valence electrons. The summed E-state index contributed by atoms with van der Waals surface area (Å²) in [7, 11) is -3.32. The van der Waals surface area contributed by atoms with Gasteiger partial charge in [0, 0.05) is 10.4 Å². The molecule has 1 aromatic heterocycles. The van der Waals surface area contributed by atoms with Crippen LogP contribution in [0.3, 0.4) is 0 Å². The molecule has 0 aliphatic rings. The molecule has 21 heavy (non-hydrogen) atoms. The Morgan fingerprint density at radius 1 is 1.33 bits per heavy atom. The van der Waals surface area contributed by atoms with E-state index in [2.05, 4.69) is 10.3 Å². The van der Waals surface area contributed by atoms with Gasteiger partial charge in [-0.05, 0) is 32.0 Å². The van der Waals surface area contributed by atoms with Crippen molar-refractivity contribution in [2.45, 2.75) is 25.7 Å². The Labute approximate surface area is 128 Å². The maximum Gasteiger partial charge on any atom is 0.257 e. The number of benzene rings is 1. The van der Waals surface area contributed by atoms with Crippen molar-refractivity contribution >= 4 is 32.2 Å². The smallest absolute Gasteiger partial charge is 0.257 e. The molecule has 0 aliphatic carbocycles. The van der Waals surface area contributed by atoms with E-state index in [4.69, 9.17) is 0 Å². The Morgan fingerprint density at radius 3 is 2.62 bits per heavy atom. The summed E-state index contributed by atoms with van der Waals surface area (Å²) in [6, 6.07) is 6.03. The highest BCUT2D eigenvalue weighted by Gasteiger charge is 2.15. The molecule has 0 saturated heterocycles. The van der Waals surface area contributed by atoms with Crippen molar-refractivity contribution in [3.8, 4) is 0 Å². The lowest BCUT2D eigenvalue weighted by Gasteiger charge is -2.05. The van der Waals surface area contributed by atoms with Gasteiger partial charge in [0.15, 0.2) is 15.0 Å². The summed E-state index contributed by atoms with van der Waals surface area (Å²) < 4.78 is 23.7. The highest BCUT2D eigenvalue weighted by atomic mass is 32.2. The highest BCUT2D eigenvalue weighted by molar-refractivity contribution is 7.91. The van der Waals surface area contributed by atoms with Gasteiger partial charge in [0.1, 0.15) is 0 Å². The molecule has 2 aromatic rings. The van der Waals surface area contributed by atoms with E-state index in [0.29, 0.717) is 10.7 Å². The normalized spacial score (nSPS) is 11.4. The van der Waals surface area contributed by atoms with Crippen molar-refractivity contribution in [1.29, 1.82) is 0 Å². The van der Waals surface area contributed by atoms with E-state index in [0.717, 1.165) is 10.6 Å². The van der Waals surface area contributed by atoms with Crippen LogP contribution in [0.15, 0.2) is 29.2 Å². The van der Waals surface area contributed by atoms with Gasteiger partial charge in [-0.2, -0.15) is 0 Å². The van der Waals surface area contributed by atoms with Crippen molar-refractivity contribution in [2.24, 2.45) is 0 Å². The number of thiazole rings is 1. The van der Waals surface area contributed by atoms with Gasteiger partial charge in [0.05, 0.1) is 16.3 Å². The number of hydrogen-bond acceptors (Lipinski definition) is 5. The minimum atomic E-state index is -3.32. The van der Waals surface area contributed by atoms with Crippen LogP contribution < -0.4 is 5.32 Å². The zero-order valence-corrected chi connectivity index (χ0v) is 13.6. The van der Waals surface area contributed by atoms with Gasteiger partial charge in [-0.3, -0.25) is 10.1 Å². The molecule has 0 aliphatic heterocycles. The summed E-state index contributed by atoms with van der Waals surface area (Å²) in [5.74, 6) is -0.361.